The Balaban J connectivity index is 1.87. The Morgan fingerprint density at radius 1 is 1.00 bits per heavy atom. The van der Waals surface area contributed by atoms with Crippen molar-refractivity contribution in [2.45, 2.75) is 53.1 Å². The molecule has 0 aromatic heterocycles. The van der Waals surface area contributed by atoms with Crippen LogP contribution in [-0.4, -0.2) is 23.5 Å². The fraction of sp³-hybridized carbons (Fsp3) is 1.00. The first-order chi connectivity index (χ1) is 7.57. The third-order valence-electron chi connectivity index (χ3n) is 6.57. The lowest BCUT2D eigenvalue weighted by molar-refractivity contribution is -0.0205. The number of hydrogen-bond acceptors (Lipinski definition) is 1. The van der Waals surface area contributed by atoms with E-state index in [2.05, 4.69) is 39.5 Å². The summed E-state index contributed by atoms with van der Waals surface area (Å²) >= 11 is 0. The molecule has 2 saturated carbocycles. The summed E-state index contributed by atoms with van der Waals surface area (Å²) in [6.07, 6.45) is 1.52. The highest BCUT2D eigenvalue weighted by Gasteiger charge is 2.64. The molecule has 0 radical (unpaired) electrons. The molecule has 1 heteroatoms. The van der Waals surface area contributed by atoms with Gasteiger partial charge in [-0.15, -0.1) is 0 Å². The Bertz CT molecular complexity index is 281. The van der Waals surface area contributed by atoms with E-state index in [1.807, 2.05) is 0 Å². The molecule has 1 nitrogen and oxygen atoms in total. The Labute approximate surface area is 101 Å². The lowest BCUT2D eigenvalue weighted by atomic mass is 9.58. The van der Waals surface area contributed by atoms with E-state index >= 15 is 0 Å². The van der Waals surface area contributed by atoms with E-state index in [4.69, 9.17) is 0 Å². The highest BCUT2D eigenvalue weighted by atomic mass is 15.2. The van der Waals surface area contributed by atoms with Crippen molar-refractivity contribution in [2.24, 2.45) is 35.5 Å². The summed E-state index contributed by atoms with van der Waals surface area (Å²) in [5, 5.41) is 0. The van der Waals surface area contributed by atoms with Gasteiger partial charge in [0.05, 0.1) is 0 Å². The highest BCUT2D eigenvalue weighted by Crippen LogP contribution is 2.63. The molecule has 3 fully saturated rings. The minimum atomic E-state index is 0.827. The van der Waals surface area contributed by atoms with E-state index in [-0.39, 0.29) is 0 Å². The van der Waals surface area contributed by atoms with Crippen molar-refractivity contribution in [1.82, 2.24) is 4.90 Å². The second-order valence-corrected chi connectivity index (χ2v) is 6.81. The van der Waals surface area contributed by atoms with Crippen LogP contribution in [0.2, 0.25) is 0 Å². The lowest BCUT2D eigenvalue weighted by Gasteiger charge is -2.51. The molecule has 0 N–H and O–H groups in total. The summed E-state index contributed by atoms with van der Waals surface area (Å²) in [5.74, 6) is 6.02. The fourth-order valence-electron chi connectivity index (χ4n) is 5.45. The molecule has 2 aliphatic carbocycles. The van der Waals surface area contributed by atoms with Crippen molar-refractivity contribution < 1.29 is 0 Å². The zero-order valence-electron chi connectivity index (χ0n) is 11.5. The third-order valence-corrected chi connectivity index (χ3v) is 6.57. The maximum absolute atomic E-state index is 2.81. The van der Waals surface area contributed by atoms with Crippen LogP contribution in [0.3, 0.4) is 0 Å². The number of nitrogens with zero attached hydrogens (tertiary/aromatic N) is 1. The van der Waals surface area contributed by atoms with E-state index in [0.717, 1.165) is 47.6 Å². The van der Waals surface area contributed by atoms with Crippen LogP contribution in [0, 0.1) is 35.5 Å². The van der Waals surface area contributed by atoms with Crippen molar-refractivity contribution in [3.63, 3.8) is 0 Å². The molecule has 0 unspecified atom stereocenters. The SMILES string of the molecule is CCN1[C@@H]2[C@@H]3[C@H](C)[C@H](C)C[C@@H]3[C@@H]2[C@H](C)[C@@H]1C. The quantitative estimate of drug-likeness (QED) is 0.657. The molecule has 0 bridgehead atoms. The third kappa shape index (κ3) is 1.11. The molecule has 1 heterocycles. The molecular formula is C15H27N. The second kappa shape index (κ2) is 3.48. The Morgan fingerprint density at radius 2 is 1.62 bits per heavy atom. The smallest absolute Gasteiger partial charge is 0.0166 e. The van der Waals surface area contributed by atoms with Gasteiger partial charge in [0.2, 0.25) is 0 Å². The summed E-state index contributed by atoms with van der Waals surface area (Å²) in [7, 11) is 0. The van der Waals surface area contributed by atoms with Gasteiger partial charge in [-0.1, -0.05) is 27.7 Å². The average Bonchev–Trinajstić information content (AvgIpc) is 2.59. The van der Waals surface area contributed by atoms with Gasteiger partial charge in [0.25, 0.3) is 0 Å². The van der Waals surface area contributed by atoms with Crippen LogP contribution >= 0.6 is 0 Å². The van der Waals surface area contributed by atoms with Crippen LogP contribution in [0.4, 0.5) is 0 Å². The van der Waals surface area contributed by atoms with Gasteiger partial charge in [-0.3, -0.25) is 4.90 Å². The van der Waals surface area contributed by atoms with Gasteiger partial charge in [0, 0.05) is 12.1 Å². The molecule has 1 aliphatic heterocycles. The van der Waals surface area contributed by atoms with Crippen LogP contribution in [0.5, 0.6) is 0 Å². The van der Waals surface area contributed by atoms with Crippen molar-refractivity contribution in [3.8, 4) is 0 Å². The standard InChI is InChI=1S/C15H27N/c1-6-16-11(5)10(4)14-12-7-8(2)9(3)13(12)15(14)16/h8-15H,6-7H2,1-5H3/t8-,9-,10-,11+,12+,13-,14+,15-/m1/s1. The number of fused-ring (bicyclic) bond motifs is 4. The largest absolute Gasteiger partial charge is 0.297 e. The number of rotatable bonds is 1. The minimum Gasteiger partial charge on any atom is -0.297 e. The molecule has 3 aliphatic rings. The van der Waals surface area contributed by atoms with Gasteiger partial charge in [-0.2, -0.15) is 0 Å². The summed E-state index contributed by atoms with van der Waals surface area (Å²) in [6.45, 7) is 13.5. The van der Waals surface area contributed by atoms with Gasteiger partial charge in [-0.25, -0.2) is 0 Å². The molecular weight excluding hydrogens is 194 g/mol. The topological polar surface area (TPSA) is 3.24 Å². The van der Waals surface area contributed by atoms with Crippen LogP contribution < -0.4 is 0 Å². The monoisotopic (exact) mass is 221 g/mol. The first-order valence-corrected chi connectivity index (χ1v) is 7.33. The van der Waals surface area contributed by atoms with E-state index < -0.39 is 0 Å². The van der Waals surface area contributed by atoms with Crippen LogP contribution in [0.1, 0.15) is 41.0 Å². The summed E-state index contributed by atoms with van der Waals surface area (Å²) in [6, 6.07) is 1.77. The average molecular weight is 221 g/mol. The van der Waals surface area contributed by atoms with Crippen LogP contribution in [-0.2, 0) is 0 Å². The molecule has 0 spiro atoms. The molecule has 0 aromatic carbocycles. The van der Waals surface area contributed by atoms with Gasteiger partial charge < -0.3 is 0 Å². The molecule has 3 rings (SSSR count). The highest BCUT2D eigenvalue weighted by molar-refractivity contribution is 5.15. The Hall–Kier alpha value is -0.0400. The maximum atomic E-state index is 2.81. The zero-order chi connectivity index (χ0) is 11.6. The molecule has 0 aromatic rings. The Kier molecular flexibility index (Phi) is 2.41. The molecule has 0 amide bonds. The van der Waals surface area contributed by atoms with Crippen molar-refractivity contribution in [1.29, 1.82) is 0 Å². The second-order valence-electron chi connectivity index (χ2n) is 6.81. The fourth-order valence-corrected chi connectivity index (χ4v) is 5.45. The predicted molar refractivity (Wildman–Crippen MR) is 68.2 cm³/mol. The van der Waals surface area contributed by atoms with Crippen molar-refractivity contribution in [3.05, 3.63) is 0 Å². The van der Waals surface area contributed by atoms with Gasteiger partial charge >= 0.3 is 0 Å². The zero-order valence-corrected chi connectivity index (χ0v) is 11.5. The Morgan fingerprint density at radius 3 is 2.25 bits per heavy atom. The van der Waals surface area contributed by atoms with Gasteiger partial charge in [-0.05, 0) is 55.4 Å². The maximum Gasteiger partial charge on any atom is 0.0166 e. The first-order valence-electron chi connectivity index (χ1n) is 7.33. The molecule has 16 heavy (non-hydrogen) atoms. The van der Waals surface area contributed by atoms with Crippen LogP contribution in [0.15, 0.2) is 0 Å². The summed E-state index contributed by atoms with van der Waals surface area (Å²) < 4.78 is 0. The normalized spacial score (nSPS) is 60.6. The van der Waals surface area contributed by atoms with Gasteiger partial charge in [0.15, 0.2) is 0 Å². The molecule has 1 saturated heterocycles. The van der Waals surface area contributed by atoms with Gasteiger partial charge in [0.1, 0.15) is 0 Å². The lowest BCUT2D eigenvalue weighted by Crippen LogP contribution is -2.55. The minimum absolute atomic E-state index is 0.827. The summed E-state index contributed by atoms with van der Waals surface area (Å²) in [5.41, 5.74) is 0. The van der Waals surface area contributed by atoms with Crippen molar-refractivity contribution >= 4 is 0 Å². The van der Waals surface area contributed by atoms with Crippen molar-refractivity contribution in [2.75, 3.05) is 6.54 Å². The summed E-state index contributed by atoms with van der Waals surface area (Å²) in [4.78, 5) is 2.81. The van der Waals surface area contributed by atoms with E-state index in [1.165, 1.54) is 13.0 Å². The van der Waals surface area contributed by atoms with Crippen LogP contribution in [0.25, 0.3) is 0 Å². The number of likely N-dealkylation sites (tertiary alicyclic amines) is 1. The van der Waals surface area contributed by atoms with E-state index in [1.54, 1.807) is 0 Å². The predicted octanol–water partition coefficient (Wildman–Crippen LogP) is 3.25. The molecule has 92 valence electrons. The van der Waals surface area contributed by atoms with E-state index in [9.17, 15) is 0 Å². The molecule has 8 atom stereocenters. The number of hydrogen-bond donors (Lipinski definition) is 0. The van der Waals surface area contributed by atoms with E-state index in [0.29, 0.717) is 0 Å². The first kappa shape index (κ1) is 11.1.